The van der Waals surface area contributed by atoms with Crippen molar-refractivity contribution >= 4 is 6.03 Å². The van der Waals surface area contributed by atoms with Gasteiger partial charge in [0, 0.05) is 14.2 Å². The number of hydrogen-bond donors (Lipinski definition) is 2. The van der Waals surface area contributed by atoms with Gasteiger partial charge < -0.3 is 20.1 Å². The van der Waals surface area contributed by atoms with Crippen molar-refractivity contribution in [1.29, 1.82) is 0 Å². The zero-order chi connectivity index (χ0) is 15.1. The molecule has 0 aromatic rings. The van der Waals surface area contributed by atoms with Gasteiger partial charge in [0.05, 0.1) is 24.3 Å². The third-order valence-electron chi connectivity index (χ3n) is 4.89. The first-order chi connectivity index (χ1) is 10.2. The highest BCUT2D eigenvalue weighted by Gasteiger charge is 2.29. The van der Waals surface area contributed by atoms with Gasteiger partial charge >= 0.3 is 6.03 Å². The number of amides is 2. The first kappa shape index (κ1) is 16.6. The number of rotatable bonds is 4. The molecule has 2 aliphatic carbocycles. The predicted molar refractivity (Wildman–Crippen MR) is 82.4 cm³/mol. The third-order valence-corrected chi connectivity index (χ3v) is 4.89. The molecule has 122 valence electrons. The smallest absolute Gasteiger partial charge is 0.315 e. The van der Waals surface area contributed by atoms with Gasteiger partial charge in [0.25, 0.3) is 0 Å². The van der Waals surface area contributed by atoms with Crippen LogP contribution in [-0.2, 0) is 9.47 Å². The molecule has 0 heterocycles. The molecule has 0 aromatic heterocycles. The highest BCUT2D eigenvalue weighted by atomic mass is 16.5. The normalized spacial score (nSPS) is 34.0. The molecule has 5 nitrogen and oxygen atoms in total. The molecule has 0 aromatic carbocycles. The minimum absolute atomic E-state index is 0.0714. The van der Waals surface area contributed by atoms with Gasteiger partial charge in [-0.2, -0.15) is 0 Å². The Balaban J connectivity index is 1.84. The Hall–Kier alpha value is -0.810. The molecule has 4 atom stereocenters. The summed E-state index contributed by atoms with van der Waals surface area (Å²) < 4.78 is 11.0. The lowest BCUT2D eigenvalue weighted by atomic mass is 9.92. The zero-order valence-corrected chi connectivity index (χ0v) is 13.4. The van der Waals surface area contributed by atoms with Gasteiger partial charge in [-0.1, -0.05) is 32.1 Å². The Labute approximate surface area is 128 Å². The Bertz CT molecular complexity index is 325. The average molecular weight is 298 g/mol. The van der Waals surface area contributed by atoms with Crippen LogP contribution in [-0.4, -0.2) is 44.5 Å². The number of carbonyl (C=O) groups excluding carboxylic acids is 1. The van der Waals surface area contributed by atoms with Crippen molar-refractivity contribution in [3.05, 3.63) is 0 Å². The minimum Gasteiger partial charge on any atom is -0.379 e. The molecule has 21 heavy (non-hydrogen) atoms. The molecule has 5 heteroatoms. The first-order valence-corrected chi connectivity index (χ1v) is 8.37. The predicted octanol–water partition coefficient (Wildman–Crippen LogP) is 2.59. The number of methoxy groups -OCH3 is 2. The molecule has 0 unspecified atom stereocenters. The summed E-state index contributed by atoms with van der Waals surface area (Å²) in [5.74, 6) is 0. The van der Waals surface area contributed by atoms with Crippen molar-refractivity contribution in [2.24, 2.45) is 0 Å². The Morgan fingerprint density at radius 1 is 0.762 bits per heavy atom. The van der Waals surface area contributed by atoms with E-state index in [4.69, 9.17) is 9.47 Å². The molecule has 0 spiro atoms. The summed E-state index contributed by atoms with van der Waals surface area (Å²) in [7, 11) is 3.47. The van der Waals surface area contributed by atoms with Crippen LogP contribution < -0.4 is 10.6 Å². The van der Waals surface area contributed by atoms with Crippen molar-refractivity contribution in [1.82, 2.24) is 10.6 Å². The summed E-state index contributed by atoms with van der Waals surface area (Å²) in [5, 5.41) is 6.22. The average Bonchev–Trinajstić information content (AvgIpc) is 2.72. The van der Waals surface area contributed by atoms with E-state index in [0.29, 0.717) is 0 Å². The van der Waals surface area contributed by atoms with E-state index in [1.54, 1.807) is 14.2 Å². The highest BCUT2D eigenvalue weighted by Crippen LogP contribution is 2.22. The van der Waals surface area contributed by atoms with E-state index in [1.165, 1.54) is 19.3 Å². The van der Waals surface area contributed by atoms with Crippen molar-refractivity contribution in [2.75, 3.05) is 14.2 Å². The largest absolute Gasteiger partial charge is 0.379 e. The maximum Gasteiger partial charge on any atom is 0.315 e. The molecule has 2 aliphatic rings. The number of carbonyl (C=O) groups is 1. The van der Waals surface area contributed by atoms with Crippen molar-refractivity contribution < 1.29 is 14.3 Å². The van der Waals surface area contributed by atoms with Crippen LogP contribution in [0.4, 0.5) is 4.79 Å². The van der Waals surface area contributed by atoms with Gasteiger partial charge in [0.15, 0.2) is 0 Å². The summed E-state index contributed by atoms with van der Waals surface area (Å²) in [5.41, 5.74) is 0. The van der Waals surface area contributed by atoms with E-state index >= 15 is 0 Å². The van der Waals surface area contributed by atoms with Crippen molar-refractivity contribution in [3.8, 4) is 0 Å². The molecule has 0 bridgehead atoms. The van der Waals surface area contributed by atoms with Crippen LogP contribution in [0.25, 0.3) is 0 Å². The molecular formula is C16H30N2O3. The summed E-state index contributed by atoms with van der Waals surface area (Å²) >= 11 is 0. The molecule has 2 amide bonds. The Morgan fingerprint density at radius 3 is 1.71 bits per heavy atom. The second-order valence-electron chi connectivity index (χ2n) is 6.30. The first-order valence-electron chi connectivity index (χ1n) is 8.37. The van der Waals surface area contributed by atoms with Crippen LogP contribution in [0, 0.1) is 0 Å². The van der Waals surface area contributed by atoms with Gasteiger partial charge in [-0.25, -0.2) is 4.79 Å². The highest BCUT2D eigenvalue weighted by molar-refractivity contribution is 5.74. The summed E-state index contributed by atoms with van der Waals surface area (Å²) in [6, 6.07) is 0.190. The standard InChI is InChI=1S/C16H30N2O3/c1-20-14-10-5-3-4-8-12(14)17-16(19)18-13-9-6-7-11-15(13)21-2/h12-15H,3-11H2,1-2H3,(H2,17,18,19)/t12-,13+,14+,15-/m0/s1. The van der Waals surface area contributed by atoms with Crippen LogP contribution in [0.15, 0.2) is 0 Å². The number of ether oxygens (including phenoxy) is 2. The molecule has 2 N–H and O–H groups in total. The molecular weight excluding hydrogens is 268 g/mol. The molecule has 2 saturated carbocycles. The van der Waals surface area contributed by atoms with Gasteiger partial charge in [0.1, 0.15) is 0 Å². The van der Waals surface area contributed by atoms with Crippen LogP contribution in [0.2, 0.25) is 0 Å². The number of nitrogens with one attached hydrogen (secondary N) is 2. The molecule has 0 saturated heterocycles. The van der Waals surface area contributed by atoms with Crippen LogP contribution in [0.1, 0.15) is 57.8 Å². The van der Waals surface area contributed by atoms with E-state index in [2.05, 4.69) is 10.6 Å². The van der Waals surface area contributed by atoms with Crippen LogP contribution >= 0.6 is 0 Å². The fraction of sp³-hybridized carbons (Fsp3) is 0.938. The fourth-order valence-corrected chi connectivity index (χ4v) is 3.64. The molecule has 0 radical (unpaired) electrons. The monoisotopic (exact) mass is 298 g/mol. The summed E-state index contributed by atoms with van der Waals surface area (Å²) in [4.78, 5) is 12.3. The fourth-order valence-electron chi connectivity index (χ4n) is 3.64. The number of urea groups is 1. The zero-order valence-electron chi connectivity index (χ0n) is 13.4. The van der Waals surface area contributed by atoms with Gasteiger partial charge in [0.2, 0.25) is 0 Å². The minimum atomic E-state index is -0.0714. The van der Waals surface area contributed by atoms with E-state index in [1.807, 2.05) is 0 Å². The maximum atomic E-state index is 12.3. The van der Waals surface area contributed by atoms with Crippen molar-refractivity contribution in [3.63, 3.8) is 0 Å². The van der Waals surface area contributed by atoms with Crippen LogP contribution in [0.3, 0.4) is 0 Å². The maximum absolute atomic E-state index is 12.3. The van der Waals surface area contributed by atoms with Crippen LogP contribution in [0.5, 0.6) is 0 Å². The summed E-state index contributed by atoms with van der Waals surface area (Å²) in [6.45, 7) is 0. The van der Waals surface area contributed by atoms with E-state index in [0.717, 1.165) is 38.5 Å². The quantitative estimate of drug-likeness (QED) is 0.784. The Kier molecular flexibility index (Phi) is 6.77. The second-order valence-corrected chi connectivity index (χ2v) is 6.30. The van der Waals surface area contributed by atoms with Gasteiger partial charge in [-0.3, -0.25) is 0 Å². The third kappa shape index (κ3) is 4.85. The lowest BCUT2D eigenvalue weighted by Crippen LogP contribution is -2.53. The van der Waals surface area contributed by atoms with E-state index < -0.39 is 0 Å². The lowest BCUT2D eigenvalue weighted by molar-refractivity contribution is 0.0430. The molecule has 2 rings (SSSR count). The molecule has 0 aliphatic heterocycles. The second kappa shape index (κ2) is 8.59. The lowest BCUT2D eigenvalue weighted by Gasteiger charge is -2.32. The number of hydrogen-bond acceptors (Lipinski definition) is 3. The summed E-state index contributed by atoms with van der Waals surface area (Å²) in [6.07, 6.45) is 10.3. The van der Waals surface area contributed by atoms with Gasteiger partial charge in [-0.05, 0) is 25.7 Å². The van der Waals surface area contributed by atoms with Gasteiger partial charge in [-0.15, -0.1) is 0 Å². The topological polar surface area (TPSA) is 59.6 Å². The molecule has 2 fully saturated rings. The van der Waals surface area contributed by atoms with E-state index in [9.17, 15) is 4.79 Å². The SMILES string of the molecule is CO[C@H]1CCCC[C@H]1NC(=O)N[C@H]1CCCCC[C@H]1OC. The van der Waals surface area contributed by atoms with Crippen molar-refractivity contribution in [2.45, 2.75) is 82.1 Å². The Morgan fingerprint density at radius 2 is 1.19 bits per heavy atom. The van der Waals surface area contributed by atoms with E-state index in [-0.39, 0.29) is 30.3 Å².